The Hall–Kier alpha value is -1.44. The van der Waals surface area contributed by atoms with Crippen LogP contribution < -0.4 is 5.73 Å². The fourth-order valence-electron chi connectivity index (χ4n) is 2.40. The Bertz CT molecular complexity index is 644. The lowest BCUT2D eigenvalue weighted by Crippen LogP contribution is -2.34. The van der Waals surface area contributed by atoms with E-state index in [9.17, 15) is 13.2 Å². The summed E-state index contributed by atoms with van der Waals surface area (Å²) in [5, 5.41) is 0. The first kappa shape index (κ1) is 15.9. The van der Waals surface area contributed by atoms with Crippen molar-refractivity contribution in [1.82, 2.24) is 4.31 Å². The molecule has 2 rings (SSSR count). The second-order valence-corrected chi connectivity index (χ2v) is 7.56. The summed E-state index contributed by atoms with van der Waals surface area (Å²) in [6.07, 6.45) is 0.736. The highest BCUT2D eigenvalue weighted by Crippen LogP contribution is 2.32. The van der Waals surface area contributed by atoms with E-state index in [1.807, 2.05) is 6.92 Å². The molecule has 1 saturated heterocycles. The molecule has 1 aromatic carbocycles. The van der Waals surface area contributed by atoms with E-state index in [2.05, 4.69) is 4.74 Å². The molecule has 1 aliphatic heterocycles. The van der Waals surface area contributed by atoms with Crippen LogP contribution in [0.3, 0.4) is 0 Å². The molecular weight excluding hydrogens is 292 g/mol. The molecule has 116 valence electrons. The molecule has 0 saturated carbocycles. The fraction of sp³-hybridized carbons (Fsp3) is 0.500. The predicted octanol–water partition coefficient (Wildman–Crippen LogP) is 0.833. The standard InChI is InChI=1S/C14H20N2O4S/c1-14(9-15)6-7-16(10-14)21(18,19)12-5-3-4-11(8-12)13(17)20-2/h3-5,8H,6-7,9-10,15H2,1-2H3. The first-order chi connectivity index (χ1) is 9.82. The van der Waals surface area contributed by atoms with Crippen molar-refractivity contribution in [2.75, 3.05) is 26.7 Å². The molecule has 1 unspecified atom stereocenters. The minimum atomic E-state index is -3.61. The number of esters is 1. The van der Waals surface area contributed by atoms with Gasteiger partial charge in [-0.1, -0.05) is 13.0 Å². The van der Waals surface area contributed by atoms with Gasteiger partial charge in [-0.15, -0.1) is 0 Å². The zero-order valence-electron chi connectivity index (χ0n) is 12.2. The molecule has 7 heteroatoms. The molecule has 1 aromatic rings. The molecule has 2 N–H and O–H groups in total. The first-order valence-corrected chi connectivity index (χ1v) is 8.15. The van der Waals surface area contributed by atoms with E-state index in [0.717, 1.165) is 6.42 Å². The van der Waals surface area contributed by atoms with Gasteiger partial charge in [-0.05, 0) is 36.6 Å². The van der Waals surface area contributed by atoms with E-state index >= 15 is 0 Å². The molecule has 0 spiro atoms. The van der Waals surface area contributed by atoms with Crippen molar-refractivity contribution in [2.45, 2.75) is 18.2 Å². The summed E-state index contributed by atoms with van der Waals surface area (Å²) in [7, 11) is -2.35. The van der Waals surface area contributed by atoms with Crippen molar-refractivity contribution in [3.63, 3.8) is 0 Å². The van der Waals surface area contributed by atoms with Crippen LogP contribution >= 0.6 is 0 Å². The summed E-state index contributed by atoms with van der Waals surface area (Å²) in [5.41, 5.74) is 5.75. The Morgan fingerprint density at radius 3 is 2.76 bits per heavy atom. The minimum absolute atomic E-state index is 0.103. The van der Waals surface area contributed by atoms with E-state index < -0.39 is 16.0 Å². The molecule has 0 radical (unpaired) electrons. The second-order valence-electron chi connectivity index (χ2n) is 5.62. The van der Waals surface area contributed by atoms with Gasteiger partial charge in [0.2, 0.25) is 10.0 Å². The lowest BCUT2D eigenvalue weighted by atomic mass is 9.90. The van der Waals surface area contributed by atoms with Gasteiger partial charge in [0.05, 0.1) is 17.6 Å². The quantitative estimate of drug-likeness (QED) is 0.832. The lowest BCUT2D eigenvalue weighted by Gasteiger charge is -2.22. The van der Waals surface area contributed by atoms with Gasteiger partial charge in [-0.25, -0.2) is 13.2 Å². The van der Waals surface area contributed by atoms with E-state index in [0.29, 0.717) is 19.6 Å². The van der Waals surface area contributed by atoms with Crippen molar-refractivity contribution < 1.29 is 17.9 Å². The van der Waals surface area contributed by atoms with Crippen molar-refractivity contribution in [3.8, 4) is 0 Å². The van der Waals surface area contributed by atoms with Gasteiger partial charge < -0.3 is 10.5 Å². The Labute approximate surface area is 124 Å². The lowest BCUT2D eigenvalue weighted by molar-refractivity contribution is 0.0600. The summed E-state index contributed by atoms with van der Waals surface area (Å²) in [4.78, 5) is 11.6. The molecule has 0 bridgehead atoms. The average molecular weight is 312 g/mol. The first-order valence-electron chi connectivity index (χ1n) is 6.71. The van der Waals surface area contributed by atoms with Gasteiger partial charge in [-0.2, -0.15) is 4.31 Å². The molecule has 1 atom stereocenters. The van der Waals surface area contributed by atoms with Crippen LogP contribution in [0.2, 0.25) is 0 Å². The average Bonchev–Trinajstić information content (AvgIpc) is 2.90. The molecule has 0 aromatic heterocycles. The fourth-order valence-corrected chi connectivity index (χ4v) is 4.04. The number of sulfonamides is 1. The van der Waals surface area contributed by atoms with Gasteiger partial charge >= 0.3 is 5.97 Å². The minimum Gasteiger partial charge on any atom is -0.465 e. The second kappa shape index (κ2) is 5.75. The number of nitrogens with two attached hydrogens (primary N) is 1. The van der Waals surface area contributed by atoms with Gasteiger partial charge in [0, 0.05) is 13.1 Å². The molecule has 1 aliphatic rings. The monoisotopic (exact) mass is 312 g/mol. The largest absolute Gasteiger partial charge is 0.465 e. The summed E-state index contributed by atoms with van der Waals surface area (Å²) in [6, 6.07) is 5.90. The van der Waals surface area contributed by atoms with Crippen molar-refractivity contribution in [3.05, 3.63) is 29.8 Å². The molecular formula is C14H20N2O4S. The number of rotatable bonds is 4. The smallest absolute Gasteiger partial charge is 0.337 e. The number of nitrogens with zero attached hydrogens (tertiary/aromatic N) is 1. The molecule has 1 heterocycles. The van der Waals surface area contributed by atoms with Gasteiger partial charge in [0.25, 0.3) is 0 Å². The maximum absolute atomic E-state index is 12.6. The summed E-state index contributed by atoms with van der Waals surface area (Å²) in [6.45, 7) is 3.27. The van der Waals surface area contributed by atoms with E-state index in [1.54, 1.807) is 0 Å². The van der Waals surface area contributed by atoms with E-state index in [4.69, 9.17) is 5.73 Å². The summed E-state index contributed by atoms with van der Waals surface area (Å²) < 4.78 is 31.3. The maximum Gasteiger partial charge on any atom is 0.337 e. The predicted molar refractivity (Wildman–Crippen MR) is 78.3 cm³/mol. The van der Waals surface area contributed by atoms with Crippen LogP contribution in [0.25, 0.3) is 0 Å². The van der Waals surface area contributed by atoms with Crippen LogP contribution in [-0.4, -0.2) is 45.4 Å². The highest BCUT2D eigenvalue weighted by Gasteiger charge is 2.39. The maximum atomic E-state index is 12.6. The zero-order chi connectivity index (χ0) is 15.7. The SMILES string of the molecule is COC(=O)c1cccc(S(=O)(=O)N2CCC(C)(CN)C2)c1. The van der Waals surface area contributed by atoms with Crippen LogP contribution in [0.15, 0.2) is 29.2 Å². The van der Waals surface area contributed by atoms with Crippen LogP contribution in [0.4, 0.5) is 0 Å². The van der Waals surface area contributed by atoms with Crippen molar-refractivity contribution in [2.24, 2.45) is 11.1 Å². The summed E-state index contributed by atoms with van der Waals surface area (Å²) >= 11 is 0. The van der Waals surface area contributed by atoms with Crippen molar-refractivity contribution >= 4 is 16.0 Å². The summed E-state index contributed by atoms with van der Waals surface area (Å²) in [5.74, 6) is -0.555. The van der Waals surface area contributed by atoms with Crippen LogP contribution in [-0.2, 0) is 14.8 Å². The number of ether oxygens (including phenoxy) is 1. The number of methoxy groups -OCH3 is 1. The molecule has 6 nitrogen and oxygen atoms in total. The van der Waals surface area contributed by atoms with Gasteiger partial charge in [0.1, 0.15) is 0 Å². The zero-order valence-corrected chi connectivity index (χ0v) is 13.0. The van der Waals surface area contributed by atoms with E-state index in [1.165, 1.54) is 35.7 Å². The number of hydrogen-bond acceptors (Lipinski definition) is 5. The van der Waals surface area contributed by atoms with Crippen LogP contribution in [0, 0.1) is 5.41 Å². The third kappa shape index (κ3) is 3.09. The van der Waals surface area contributed by atoms with Crippen LogP contribution in [0.5, 0.6) is 0 Å². The molecule has 1 fully saturated rings. The van der Waals surface area contributed by atoms with Crippen LogP contribution in [0.1, 0.15) is 23.7 Å². The number of carbonyl (C=O) groups is 1. The highest BCUT2D eigenvalue weighted by atomic mass is 32.2. The Morgan fingerprint density at radius 2 is 2.19 bits per heavy atom. The van der Waals surface area contributed by atoms with Gasteiger partial charge in [0.15, 0.2) is 0 Å². The Morgan fingerprint density at radius 1 is 1.48 bits per heavy atom. The van der Waals surface area contributed by atoms with E-state index in [-0.39, 0.29) is 15.9 Å². The number of carbonyl (C=O) groups excluding carboxylic acids is 1. The molecule has 0 aliphatic carbocycles. The third-order valence-electron chi connectivity index (χ3n) is 3.91. The Balaban J connectivity index is 2.31. The molecule has 21 heavy (non-hydrogen) atoms. The van der Waals surface area contributed by atoms with Gasteiger partial charge in [-0.3, -0.25) is 0 Å². The normalized spacial score (nSPS) is 23.2. The molecule has 0 amide bonds. The number of benzene rings is 1. The Kier molecular flexibility index (Phi) is 4.36. The topological polar surface area (TPSA) is 89.7 Å². The highest BCUT2D eigenvalue weighted by molar-refractivity contribution is 7.89. The van der Waals surface area contributed by atoms with Crippen molar-refractivity contribution in [1.29, 1.82) is 0 Å². The number of hydrogen-bond donors (Lipinski definition) is 1. The third-order valence-corrected chi connectivity index (χ3v) is 5.75.